The number of aryl methyl sites for hydroxylation is 1. The van der Waals surface area contributed by atoms with Crippen molar-refractivity contribution < 1.29 is 4.79 Å². The van der Waals surface area contributed by atoms with Gasteiger partial charge in [-0.25, -0.2) is 0 Å². The molecule has 0 unspecified atom stereocenters. The molecule has 3 rings (SSSR count). The van der Waals surface area contributed by atoms with Crippen LogP contribution in [0.15, 0.2) is 12.1 Å². The van der Waals surface area contributed by atoms with Gasteiger partial charge in [-0.15, -0.1) is 11.3 Å². The summed E-state index contributed by atoms with van der Waals surface area (Å²) in [5, 5.41) is 3.25. The van der Waals surface area contributed by atoms with Gasteiger partial charge in [0, 0.05) is 29.9 Å². The molecule has 2 fully saturated rings. The number of halogens is 1. The predicted molar refractivity (Wildman–Crippen MR) is 83.4 cm³/mol. The van der Waals surface area contributed by atoms with Gasteiger partial charge >= 0.3 is 0 Å². The van der Waals surface area contributed by atoms with Gasteiger partial charge in [0.1, 0.15) is 0 Å². The van der Waals surface area contributed by atoms with Gasteiger partial charge in [0.15, 0.2) is 0 Å². The molecule has 5 heteroatoms. The fourth-order valence-electron chi connectivity index (χ4n) is 3.42. The Labute approximate surface area is 129 Å². The fraction of sp³-hybridized carbons (Fsp3) is 0.667. The highest BCUT2D eigenvalue weighted by Crippen LogP contribution is 2.27. The lowest BCUT2D eigenvalue weighted by atomic mass is 9.99. The van der Waals surface area contributed by atoms with Gasteiger partial charge in [-0.1, -0.05) is 18.0 Å². The Morgan fingerprint density at radius 2 is 2.25 bits per heavy atom. The number of amides is 1. The van der Waals surface area contributed by atoms with Crippen LogP contribution in [0.4, 0.5) is 0 Å². The lowest BCUT2D eigenvalue weighted by molar-refractivity contribution is -0.122. The van der Waals surface area contributed by atoms with Gasteiger partial charge in [0.2, 0.25) is 5.91 Å². The topological polar surface area (TPSA) is 32.3 Å². The molecule has 0 aliphatic carbocycles. The number of piperidine rings is 1. The fourth-order valence-corrected chi connectivity index (χ4v) is 4.50. The molecule has 2 atom stereocenters. The van der Waals surface area contributed by atoms with Gasteiger partial charge < -0.3 is 5.32 Å². The van der Waals surface area contributed by atoms with Gasteiger partial charge in [0.25, 0.3) is 0 Å². The quantitative estimate of drug-likeness (QED) is 0.926. The summed E-state index contributed by atoms with van der Waals surface area (Å²) in [6.45, 7) is 2.36. The number of carbonyl (C=O) groups excluding carboxylic acids is 1. The summed E-state index contributed by atoms with van der Waals surface area (Å²) in [5.74, 6) is 0.187. The average Bonchev–Trinajstić information content (AvgIpc) is 3.04. The molecule has 1 N–H and O–H groups in total. The highest BCUT2D eigenvalue weighted by atomic mass is 35.5. The van der Waals surface area contributed by atoms with E-state index in [1.807, 2.05) is 12.1 Å². The van der Waals surface area contributed by atoms with Crippen LogP contribution in [0.3, 0.4) is 0 Å². The smallest absolute Gasteiger partial charge is 0.220 e. The van der Waals surface area contributed by atoms with Crippen molar-refractivity contribution in [2.24, 2.45) is 0 Å². The summed E-state index contributed by atoms with van der Waals surface area (Å²) < 4.78 is 0.800. The first-order chi connectivity index (χ1) is 9.72. The standard InChI is InChI=1S/C15H21ClN2OS/c16-14-6-4-11(20-14)5-7-15(19)17-12-8-10-18-9-2-1-3-13(12)18/h4,6,12-13H,1-3,5,7-10H2,(H,17,19)/t12-,13-/m0/s1. The molecule has 0 aromatic carbocycles. The number of fused-ring (bicyclic) bond motifs is 1. The predicted octanol–water partition coefficient (Wildman–Crippen LogP) is 3.08. The van der Waals surface area contributed by atoms with Crippen LogP contribution < -0.4 is 5.32 Å². The SMILES string of the molecule is O=C(CCc1ccc(Cl)s1)N[C@H]1CCN2CCCC[C@@H]12. The molecule has 0 radical (unpaired) electrons. The monoisotopic (exact) mass is 312 g/mol. The largest absolute Gasteiger partial charge is 0.352 e. The Morgan fingerprint density at radius 1 is 1.35 bits per heavy atom. The van der Waals surface area contributed by atoms with Crippen LogP contribution in [0.25, 0.3) is 0 Å². The Morgan fingerprint density at radius 3 is 3.05 bits per heavy atom. The maximum absolute atomic E-state index is 12.1. The maximum atomic E-state index is 12.1. The minimum absolute atomic E-state index is 0.187. The van der Waals surface area contributed by atoms with Gasteiger partial charge in [0.05, 0.1) is 4.34 Å². The van der Waals surface area contributed by atoms with Crippen LogP contribution in [0, 0.1) is 0 Å². The molecule has 0 saturated carbocycles. The van der Waals surface area contributed by atoms with E-state index in [0.29, 0.717) is 18.5 Å². The van der Waals surface area contributed by atoms with E-state index >= 15 is 0 Å². The van der Waals surface area contributed by atoms with E-state index in [1.54, 1.807) is 11.3 Å². The second kappa shape index (κ2) is 6.46. The van der Waals surface area contributed by atoms with Gasteiger partial charge in [-0.2, -0.15) is 0 Å². The summed E-state index contributed by atoms with van der Waals surface area (Å²) in [6, 6.07) is 4.87. The maximum Gasteiger partial charge on any atom is 0.220 e. The van der Waals surface area contributed by atoms with E-state index in [0.717, 1.165) is 23.7 Å². The van der Waals surface area contributed by atoms with Crippen molar-refractivity contribution >= 4 is 28.8 Å². The third kappa shape index (κ3) is 3.35. The normalized spacial score (nSPS) is 26.4. The molecule has 0 bridgehead atoms. The number of rotatable bonds is 4. The van der Waals surface area contributed by atoms with E-state index in [2.05, 4.69) is 10.2 Å². The van der Waals surface area contributed by atoms with Crippen LogP contribution in [0.5, 0.6) is 0 Å². The number of nitrogens with zero attached hydrogens (tertiary/aromatic N) is 1. The van der Waals surface area contributed by atoms with E-state index in [9.17, 15) is 4.79 Å². The van der Waals surface area contributed by atoms with Crippen molar-refractivity contribution in [2.45, 2.75) is 50.6 Å². The summed E-state index contributed by atoms with van der Waals surface area (Å²) >= 11 is 7.47. The van der Waals surface area contributed by atoms with Crippen LogP contribution >= 0.6 is 22.9 Å². The van der Waals surface area contributed by atoms with Crippen LogP contribution in [-0.4, -0.2) is 36.0 Å². The molecule has 110 valence electrons. The van der Waals surface area contributed by atoms with Crippen LogP contribution in [0.2, 0.25) is 4.34 Å². The van der Waals surface area contributed by atoms with E-state index < -0.39 is 0 Å². The Balaban J connectivity index is 1.46. The number of carbonyl (C=O) groups is 1. The average molecular weight is 313 g/mol. The molecular weight excluding hydrogens is 292 g/mol. The Hall–Kier alpha value is -0.580. The van der Waals surface area contributed by atoms with Gasteiger partial charge in [-0.3, -0.25) is 9.69 Å². The van der Waals surface area contributed by atoms with Crippen molar-refractivity contribution in [3.8, 4) is 0 Å². The minimum atomic E-state index is 0.187. The highest BCUT2D eigenvalue weighted by Gasteiger charge is 2.35. The summed E-state index contributed by atoms with van der Waals surface area (Å²) in [5.41, 5.74) is 0. The molecule has 20 heavy (non-hydrogen) atoms. The zero-order valence-corrected chi connectivity index (χ0v) is 13.2. The van der Waals surface area contributed by atoms with Crippen molar-refractivity contribution in [1.82, 2.24) is 10.2 Å². The first-order valence-corrected chi connectivity index (χ1v) is 8.69. The molecule has 0 spiro atoms. The van der Waals surface area contributed by atoms with Crippen molar-refractivity contribution in [2.75, 3.05) is 13.1 Å². The lowest BCUT2D eigenvalue weighted by Gasteiger charge is -2.32. The van der Waals surface area contributed by atoms with Crippen molar-refractivity contribution in [3.63, 3.8) is 0 Å². The zero-order valence-electron chi connectivity index (χ0n) is 11.6. The lowest BCUT2D eigenvalue weighted by Crippen LogP contribution is -2.46. The number of hydrogen-bond donors (Lipinski definition) is 1. The second-order valence-corrected chi connectivity index (χ2v) is 7.57. The first-order valence-electron chi connectivity index (χ1n) is 7.50. The molecule has 2 aliphatic rings. The first kappa shape index (κ1) is 14.4. The van der Waals surface area contributed by atoms with E-state index in [-0.39, 0.29) is 5.91 Å². The summed E-state index contributed by atoms with van der Waals surface area (Å²) in [7, 11) is 0. The molecule has 1 aromatic heterocycles. The zero-order chi connectivity index (χ0) is 13.9. The molecule has 1 amide bonds. The van der Waals surface area contributed by atoms with E-state index in [4.69, 9.17) is 11.6 Å². The molecule has 3 heterocycles. The molecular formula is C15H21ClN2OS. The van der Waals surface area contributed by atoms with E-state index in [1.165, 1.54) is 30.7 Å². The molecule has 1 aromatic rings. The van der Waals surface area contributed by atoms with Crippen LogP contribution in [0.1, 0.15) is 37.0 Å². The van der Waals surface area contributed by atoms with Gasteiger partial charge in [-0.05, 0) is 44.4 Å². The van der Waals surface area contributed by atoms with Crippen molar-refractivity contribution in [1.29, 1.82) is 0 Å². The molecule has 3 nitrogen and oxygen atoms in total. The third-order valence-corrected chi connectivity index (χ3v) is 5.72. The number of nitrogens with one attached hydrogen (secondary N) is 1. The number of thiophene rings is 1. The third-order valence-electron chi connectivity index (χ3n) is 4.43. The summed E-state index contributed by atoms with van der Waals surface area (Å²) in [6.07, 6.45) is 6.34. The molecule has 2 saturated heterocycles. The number of hydrogen-bond acceptors (Lipinski definition) is 3. The minimum Gasteiger partial charge on any atom is -0.352 e. The summed E-state index contributed by atoms with van der Waals surface area (Å²) in [4.78, 5) is 15.8. The molecule has 2 aliphatic heterocycles. The Kier molecular flexibility index (Phi) is 4.64. The second-order valence-electron chi connectivity index (χ2n) is 5.77. The van der Waals surface area contributed by atoms with Crippen molar-refractivity contribution in [3.05, 3.63) is 21.3 Å². The Bertz CT molecular complexity index is 476. The van der Waals surface area contributed by atoms with Crippen LogP contribution in [-0.2, 0) is 11.2 Å². The highest BCUT2D eigenvalue weighted by molar-refractivity contribution is 7.16.